The van der Waals surface area contributed by atoms with Crippen molar-refractivity contribution in [2.75, 3.05) is 6.61 Å². The zero-order chi connectivity index (χ0) is 8.97. The van der Waals surface area contributed by atoms with Crippen molar-refractivity contribution in [3.8, 4) is 0 Å². The fraction of sp³-hybridized carbons (Fsp3) is 1.00. The molecule has 1 saturated carbocycles. The molecule has 0 heterocycles. The van der Waals surface area contributed by atoms with Crippen LogP contribution >= 0.6 is 0 Å². The van der Waals surface area contributed by atoms with Crippen LogP contribution < -0.4 is 0 Å². The van der Waals surface area contributed by atoms with Gasteiger partial charge in [-0.15, -0.1) is 0 Å². The minimum atomic E-state index is 0.803. The Hall–Kier alpha value is 0.310. The van der Waals surface area contributed by atoms with Gasteiger partial charge in [-0.3, -0.25) is 0 Å². The van der Waals surface area contributed by atoms with Gasteiger partial charge in [-0.2, -0.15) is 4.18 Å². The topological polar surface area (TPSA) is 9.23 Å². The first-order valence-electron chi connectivity index (χ1n) is 5.02. The first-order valence-corrected chi connectivity index (χ1v) is 5.43. The fourth-order valence-electron chi connectivity index (χ4n) is 2.14. The molecule has 1 fully saturated rings. The van der Waals surface area contributed by atoms with E-state index in [9.17, 15) is 0 Å². The summed E-state index contributed by atoms with van der Waals surface area (Å²) in [6.07, 6.45) is 5.51. The molecule has 0 bridgehead atoms. The molecule has 0 saturated heterocycles. The van der Waals surface area contributed by atoms with Gasteiger partial charge in [0.15, 0.2) is 0 Å². The van der Waals surface area contributed by atoms with E-state index >= 15 is 0 Å². The number of rotatable bonds is 3. The Kier molecular flexibility index (Phi) is 4.44. The SMILES string of the molecule is CC(C)C1CCC(CO[SH2+])CC1. The lowest BCUT2D eigenvalue weighted by Gasteiger charge is -2.29. The van der Waals surface area contributed by atoms with Gasteiger partial charge < -0.3 is 0 Å². The first kappa shape index (κ1) is 10.4. The molecule has 0 unspecified atom stereocenters. The standard InChI is InChI=1S/C10H20OS/c1-8(2)10-5-3-9(4-6-10)7-11-12/h8-10,12H,3-7H2,1-2H3/p+1. The van der Waals surface area contributed by atoms with Crippen molar-refractivity contribution >= 4 is 12.9 Å². The minimum Gasteiger partial charge on any atom is -0.178 e. The minimum absolute atomic E-state index is 0.803. The zero-order valence-electron chi connectivity index (χ0n) is 8.18. The predicted octanol–water partition coefficient (Wildman–Crippen LogP) is 2.39. The van der Waals surface area contributed by atoms with Gasteiger partial charge in [-0.25, -0.2) is 0 Å². The highest BCUT2D eigenvalue weighted by atomic mass is 32.1. The number of hydrogen-bond acceptors (Lipinski definition) is 1. The zero-order valence-corrected chi connectivity index (χ0v) is 9.18. The normalized spacial score (nSPS) is 31.0. The van der Waals surface area contributed by atoms with Crippen LogP contribution in [0.5, 0.6) is 0 Å². The molecule has 0 atom stereocenters. The largest absolute Gasteiger partial charge is 0.178 e. The molecule has 0 spiro atoms. The lowest BCUT2D eigenvalue weighted by molar-refractivity contribution is 0.177. The van der Waals surface area contributed by atoms with Gasteiger partial charge in [0.1, 0.15) is 19.5 Å². The molecule has 0 amide bonds. The van der Waals surface area contributed by atoms with Crippen LogP contribution in [0.4, 0.5) is 0 Å². The first-order chi connectivity index (χ1) is 5.74. The average molecular weight is 189 g/mol. The summed E-state index contributed by atoms with van der Waals surface area (Å²) >= 11 is 3.07. The Balaban J connectivity index is 2.20. The van der Waals surface area contributed by atoms with Gasteiger partial charge in [-0.05, 0) is 43.4 Å². The maximum atomic E-state index is 4.98. The number of hydrogen-bond donors (Lipinski definition) is 0. The summed E-state index contributed by atoms with van der Waals surface area (Å²) in [5.74, 6) is 2.64. The van der Waals surface area contributed by atoms with E-state index in [1.807, 2.05) is 0 Å². The van der Waals surface area contributed by atoms with Crippen LogP contribution in [0.3, 0.4) is 0 Å². The summed E-state index contributed by atoms with van der Waals surface area (Å²) in [6.45, 7) is 5.57. The molecule has 1 aliphatic carbocycles. The van der Waals surface area contributed by atoms with Crippen LogP contribution in [0.1, 0.15) is 39.5 Å². The second-order valence-electron chi connectivity index (χ2n) is 4.34. The summed E-state index contributed by atoms with van der Waals surface area (Å²) in [6, 6.07) is 0. The molecule has 0 aromatic carbocycles. The van der Waals surface area contributed by atoms with Gasteiger partial charge in [0, 0.05) is 0 Å². The summed E-state index contributed by atoms with van der Waals surface area (Å²) in [4.78, 5) is 0. The summed E-state index contributed by atoms with van der Waals surface area (Å²) in [5, 5.41) is 0. The molecule has 1 nitrogen and oxygen atoms in total. The third-order valence-corrected chi connectivity index (χ3v) is 3.32. The Morgan fingerprint density at radius 1 is 1.25 bits per heavy atom. The van der Waals surface area contributed by atoms with E-state index in [1.165, 1.54) is 25.7 Å². The lowest BCUT2D eigenvalue weighted by Crippen LogP contribution is -2.20. The Morgan fingerprint density at radius 2 is 1.83 bits per heavy atom. The van der Waals surface area contributed by atoms with Crippen molar-refractivity contribution in [3.05, 3.63) is 0 Å². The Morgan fingerprint density at radius 3 is 2.25 bits per heavy atom. The van der Waals surface area contributed by atoms with Crippen molar-refractivity contribution in [2.45, 2.75) is 39.5 Å². The van der Waals surface area contributed by atoms with Gasteiger partial charge in [0.2, 0.25) is 0 Å². The van der Waals surface area contributed by atoms with Crippen LogP contribution in [0.25, 0.3) is 0 Å². The highest BCUT2D eigenvalue weighted by molar-refractivity contribution is 7.53. The molecule has 0 aromatic heterocycles. The third-order valence-electron chi connectivity index (χ3n) is 3.15. The monoisotopic (exact) mass is 189 g/mol. The molecule has 0 aliphatic heterocycles. The van der Waals surface area contributed by atoms with E-state index in [1.54, 1.807) is 0 Å². The van der Waals surface area contributed by atoms with Crippen LogP contribution in [0, 0.1) is 17.8 Å². The van der Waals surface area contributed by atoms with Crippen molar-refractivity contribution in [2.24, 2.45) is 17.8 Å². The van der Waals surface area contributed by atoms with Gasteiger partial charge in [0.05, 0.1) is 0 Å². The molecular weight excluding hydrogens is 168 g/mol. The summed E-state index contributed by atoms with van der Waals surface area (Å²) in [7, 11) is 0. The Labute approximate surface area is 81.5 Å². The average Bonchev–Trinajstić information content (AvgIpc) is 2.06. The maximum absolute atomic E-state index is 4.98. The van der Waals surface area contributed by atoms with Crippen LogP contribution in [0.2, 0.25) is 0 Å². The second kappa shape index (κ2) is 5.13. The molecule has 0 aromatic rings. The van der Waals surface area contributed by atoms with Crippen LogP contribution in [0.15, 0.2) is 0 Å². The van der Waals surface area contributed by atoms with E-state index in [0.717, 1.165) is 24.4 Å². The fourth-order valence-corrected chi connectivity index (χ4v) is 2.38. The van der Waals surface area contributed by atoms with E-state index in [2.05, 4.69) is 26.8 Å². The molecule has 2 heteroatoms. The van der Waals surface area contributed by atoms with Crippen LogP contribution in [-0.2, 0) is 17.1 Å². The van der Waals surface area contributed by atoms with E-state index < -0.39 is 0 Å². The van der Waals surface area contributed by atoms with Crippen LogP contribution in [-0.4, -0.2) is 6.61 Å². The Bertz CT molecular complexity index is 117. The summed E-state index contributed by atoms with van der Waals surface area (Å²) < 4.78 is 4.98. The third kappa shape index (κ3) is 2.98. The highest BCUT2D eigenvalue weighted by Gasteiger charge is 2.23. The molecule has 0 N–H and O–H groups in total. The summed E-state index contributed by atoms with van der Waals surface area (Å²) in [5.41, 5.74) is 0. The molecule has 0 radical (unpaired) electrons. The smallest absolute Gasteiger partial charge is 0.117 e. The van der Waals surface area contributed by atoms with E-state index in [0.29, 0.717) is 0 Å². The second-order valence-corrected chi connectivity index (χ2v) is 4.62. The van der Waals surface area contributed by atoms with Gasteiger partial charge >= 0.3 is 0 Å². The van der Waals surface area contributed by atoms with E-state index in [-0.39, 0.29) is 0 Å². The van der Waals surface area contributed by atoms with Crippen molar-refractivity contribution < 1.29 is 4.18 Å². The molecular formula is C10H21OS+. The lowest BCUT2D eigenvalue weighted by atomic mass is 9.77. The van der Waals surface area contributed by atoms with Crippen molar-refractivity contribution in [3.63, 3.8) is 0 Å². The van der Waals surface area contributed by atoms with Gasteiger partial charge in [-0.1, -0.05) is 13.8 Å². The molecule has 72 valence electrons. The highest BCUT2D eigenvalue weighted by Crippen LogP contribution is 2.33. The predicted molar refractivity (Wildman–Crippen MR) is 56.4 cm³/mol. The molecule has 12 heavy (non-hydrogen) atoms. The van der Waals surface area contributed by atoms with Crippen molar-refractivity contribution in [1.82, 2.24) is 0 Å². The van der Waals surface area contributed by atoms with Gasteiger partial charge in [0.25, 0.3) is 0 Å². The van der Waals surface area contributed by atoms with Crippen molar-refractivity contribution in [1.29, 1.82) is 0 Å². The molecule has 1 aliphatic rings. The molecule has 1 rings (SSSR count). The maximum Gasteiger partial charge on any atom is 0.117 e. The quantitative estimate of drug-likeness (QED) is 0.619. The van der Waals surface area contributed by atoms with E-state index in [4.69, 9.17) is 4.18 Å².